The average molecular weight is 509 g/mol. The molecule has 0 bridgehead atoms. The molecular weight excluding hydrogens is 464 g/mol. The van der Waals surface area contributed by atoms with Crippen LogP contribution in [0.25, 0.3) is 0 Å². The lowest BCUT2D eigenvalue weighted by molar-refractivity contribution is -0.156. The Kier molecular flexibility index (Phi) is 11.9. The molecule has 2 amide bonds. The number of hydrogen-bond donors (Lipinski definition) is 2. The van der Waals surface area contributed by atoms with Crippen molar-refractivity contribution in [2.24, 2.45) is 5.41 Å². The predicted octanol–water partition coefficient (Wildman–Crippen LogP) is 5.54. The van der Waals surface area contributed by atoms with Crippen LogP contribution in [0.4, 0.5) is 9.59 Å². The van der Waals surface area contributed by atoms with E-state index < -0.39 is 41.0 Å². The van der Waals surface area contributed by atoms with Gasteiger partial charge in [0.2, 0.25) is 0 Å². The number of nitrogens with one attached hydrogen (secondary N) is 2. The van der Waals surface area contributed by atoms with Crippen LogP contribution in [0, 0.1) is 5.41 Å². The number of hydrogen-bond acceptors (Lipinski definition) is 8. The lowest BCUT2D eigenvalue weighted by Crippen LogP contribution is -2.48. The van der Waals surface area contributed by atoms with E-state index in [2.05, 4.69) is 10.6 Å². The Morgan fingerprint density at radius 2 is 1.03 bits per heavy atom. The third-order valence-corrected chi connectivity index (χ3v) is 6.09. The molecule has 10 heteroatoms. The summed E-state index contributed by atoms with van der Waals surface area (Å²) in [7, 11) is 2.91. The van der Waals surface area contributed by atoms with E-state index >= 15 is 0 Å². The average Bonchev–Trinajstić information content (AvgIpc) is 2.50. The zero-order valence-electron chi connectivity index (χ0n) is 22.3. The quantitative estimate of drug-likeness (QED) is 0.191. The van der Waals surface area contributed by atoms with E-state index in [0.717, 1.165) is 0 Å². The van der Waals surface area contributed by atoms with Gasteiger partial charge in [-0.05, 0) is 67.7 Å². The maximum atomic E-state index is 12.6. The minimum Gasteiger partial charge on any atom is -0.458 e. The first kappa shape index (κ1) is 31.7. The highest BCUT2D eigenvalue weighted by atomic mass is 33.1. The topological polar surface area (TPSA) is 103 Å². The molecule has 0 aliphatic heterocycles. The SMILES string of the molecule is CC(C)(C)OC(=O)N[C@@H](CSSC[C@H](NC(=O)OC(C)(C)C)C(C)(C)C)C(=O)OC(C)(C)C. The summed E-state index contributed by atoms with van der Waals surface area (Å²) in [6.07, 6.45) is -1.14. The Balaban J connectivity index is 5.05. The van der Waals surface area contributed by atoms with Gasteiger partial charge in [-0.25, -0.2) is 14.4 Å². The predicted molar refractivity (Wildman–Crippen MR) is 137 cm³/mol. The summed E-state index contributed by atoms with van der Waals surface area (Å²) in [6, 6.07) is -1.04. The molecule has 8 nitrogen and oxygen atoms in total. The summed E-state index contributed by atoms with van der Waals surface area (Å²) in [5.41, 5.74) is -2.15. The molecule has 194 valence electrons. The van der Waals surface area contributed by atoms with Crippen molar-refractivity contribution in [3.63, 3.8) is 0 Å². The monoisotopic (exact) mass is 508 g/mol. The van der Waals surface area contributed by atoms with Gasteiger partial charge < -0.3 is 24.8 Å². The molecule has 0 rings (SSSR count). The first-order valence-electron chi connectivity index (χ1n) is 11.1. The Hall–Kier alpha value is -1.29. The lowest BCUT2D eigenvalue weighted by atomic mass is 9.88. The fourth-order valence-electron chi connectivity index (χ4n) is 2.18. The number of carbonyl (C=O) groups excluding carboxylic acids is 3. The van der Waals surface area contributed by atoms with Crippen LogP contribution in [0.5, 0.6) is 0 Å². The molecule has 0 saturated heterocycles. The Bertz CT molecular complexity index is 658. The molecule has 0 radical (unpaired) electrons. The normalized spacial score (nSPS) is 14.7. The molecule has 0 aliphatic rings. The van der Waals surface area contributed by atoms with Gasteiger partial charge in [-0.3, -0.25) is 0 Å². The number of ether oxygens (including phenoxy) is 3. The second-order valence-electron chi connectivity index (χ2n) is 11.9. The zero-order chi connectivity index (χ0) is 26.3. The van der Waals surface area contributed by atoms with Gasteiger partial charge in [-0.15, -0.1) is 0 Å². The molecule has 0 aromatic rings. The highest BCUT2D eigenvalue weighted by molar-refractivity contribution is 8.76. The third kappa shape index (κ3) is 16.9. The second kappa shape index (κ2) is 12.4. The van der Waals surface area contributed by atoms with Crippen LogP contribution in [-0.2, 0) is 19.0 Å². The standard InChI is InChI=1S/C23H44N2O6S2/c1-20(2,3)16(25-19(28)31-23(10,11)12)14-33-32-13-15(17(26)29-21(4,5)6)24-18(27)30-22(7,8)9/h15-16H,13-14H2,1-12H3,(H,24,27)(H,25,28)/t15-,16-/m0/s1. The molecule has 0 aliphatic carbocycles. The second-order valence-corrected chi connectivity index (χ2v) is 14.4. The summed E-state index contributed by atoms with van der Waals surface area (Å²) in [6.45, 7) is 22.1. The van der Waals surface area contributed by atoms with Crippen molar-refractivity contribution in [1.29, 1.82) is 0 Å². The van der Waals surface area contributed by atoms with Gasteiger partial charge in [0.15, 0.2) is 0 Å². The minimum atomic E-state index is -0.872. The minimum absolute atomic E-state index is 0.163. The van der Waals surface area contributed by atoms with Crippen molar-refractivity contribution in [2.75, 3.05) is 11.5 Å². The van der Waals surface area contributed by atoms with Gasteiger partial charge in [-0.2, -0.15) is 0 Å². The Labute approximate surface area is 207 Å². The van der Waals surface area contributed by atoms with Crippen LogP contribution >= 0.6 is 21.6 Å². The third-order valence-electron chi connectivity index (χ3n) is 3.67. The number of amides is 2. The molecule has 0 aromatic carbocycles. The largest absolute Gasteiger partial charge is 0.458 e. The van der Waals surface area contributed by atoms with E-state index in [9.17, 15) is 14.4 Å². The van der Waals surface area contributed by atoms with E-state index in [1.807, 2.05) is 41.5 Å². The summed E-state index contributed by atoms with van der Waals surface area (Å²) >= 11 is 0. The fourth-order valence-corrected chi connectivity index (χ4v) is 4.84. The Morgan fingerprint density at radius 3 is 1.42 bits per heavy atom. The summed E-state index contributed by atoms with van der Waals surface area (Å²) in [4.78, 5) is 37.1. The van der Waals surface area contributed by atoms with Gasteiger partial charge in [0.05, 0.1) is 0 Å². The molecule has 0 unspecified atom stereocenters. The van der Waals surface area contributed by atoms with Crippen LogP contribution in [0.15, 0.2) is 0 Å². The maximum absolute atomic E-state index is 12.6. The van der Waals surface area contributed by atoms with Crippen LogP contribution in [0.2, 0.25) is 0 Å². The van der Waals surface area contributed by atoms with Crippen molar-refractivity contribution in [1.82, 2.24) is 10.6 Å². The van der Waals surface area contributed by atoms with E-state index in [-0.39, 0.29) is 17.2 Å². The first-order valence-corrected chi connectivity index (χ1v) is 13.5. The zero-order valence-corrected chi connectivity index (χ0v) is 24.0. The maximum Gasteiger partial charge on any atom is 0.408 e. The van der Waals surface area contributed by atoms with Crippen LogP contribution in [0.3, 0.4) is 0 Å². The smallest absolute Gasteiger partial charge is 0.408 e. The van der Waals surface area contributed by atoms with Crippen LogP contribution in [0.1, 0.15) is 83.1 Å². The Morgan fingerprint density at radius 1 is 0.636 bits per heavy atom. The molecule has 0 heterocycles. The highest BCUT2D eigenvalue weighted by Gasteiger charge is 2.31. The van der Waals surface area contributed by atoms with Crippen LogP contribution < -0.4 is 10.6 Å². The summed E-state index contributed by atoms with van der Waals surface area (Å²) in [5, 5.41) is 5.55. The highest BCUT2D eigenvalue weighted by Crippen LogP contribution is 2.30. The van der Waals surface area contributed by atoms with Crippen LogP contribution in [-0.4, -0.2) is 58.5 Å². The fraction of sp³-hybridized carbons (Fsp3) is 0.870. The van der Waals surface area contributed by atoms with Gasteiger partial charge >= 0.3 is 18.2 Å². The molecule has 2 N–H and O–H groups in total. The molecule has 0 aromatic heterocycles. The summed E-state index contributed by atoms with van der Waals surface area (Å²) < 4.78 is 16.1. The molecule has 0 spiro atoms. The molecule has 0 saturated carbocycles. The van der Waals surface area contributed by atoms with Crippen molar-refractivity contribution >= 4 is 39.7 Å². The van der Waals surface area contributed by atoms with Gasteiger partial charge in [0.25, 0.3) is 0 Å². The molecule has 2 atom stereocenters. The number of rotatable bonds is 8. The lowest BCUT2D eigenvalue weighted by Gasteiger charge is -2.32. The van der Waals surface area contributed by atoms with E-state index in [1.54, 1.807) is 41.5 Å². The molecule has 0 fully saturated rings. The van der Waals surface area contributed by atoms with Crippen molar-refractivity contribution in [2.45, 2.75) is 112 Å². The van der Waals surface area contributed by atoms with Gasteiger partial charge in [-0.1, -0.05) is 42.4 Å². The van der Waals surface area contributed by atoms with Crippen molar-refractivity contribution in [3.05, 3.63) is 0 Å². The van der Waals surface area contributed by atoms with Crippen molar-refractivity contribution in [3.8, 4) is 0 Å². The number of esters is 1. The molecule has 33 heavy (non-hydrogen) atoms. The van der Waals surface area contributed by atoms with Crippen molar-refractivity contribution < 1.29 is 28.6 Å². The van der Waals surface area contributed by atoms with Gasteiger partial charge in [0, 0.05) is 17.5 Å². The van der Waals surface area contributed by atoms with E-state index in [4.69, 9.17) is 14.2 Å². The summed E-state index contributed by atoms with van der Waals surface area (Å²) in [5.74, 6) is 0.337. The number of carbonyl (C=O) groups is 3. The van der Waals surface area contributed by atoms with Gasteiger partial charge in [0.1, 0.15) is 22.8 Å². The number of alkyl carbamates (subject to hydrolysis) is 2. The van der Waals surface area contributed by atoms with E-state index in [0.29, 0.717) is 5.75 Å². The molecular formula is C23H44N2O6S2. The first-order chi connectivity index (χ1) is 14.6. The van der Waals surface area contributed by atoms with E-state index in [1.165, 1.54) is 21.6 Å².